The summed E-state index contributed by atoms with van der Waals surface area (Å²) in [5.74, 6) is 5.29. The number of hydrogen-bond donors (Lipinski definition) is 2. The summed E-state index contributed by atoms with van der Waals surface area (Å²) in [5, 5.41) is 4.14. The fourth-order valence-corrected chi connectivity index (χ4v) is 2.89. The molecule has 0 bridgehead atoms. The van der Waals surface area contributed by atoms with E-state index in [0.29, 0.717) is 5.56 Å². The van der Waals surface area contributed by atoms with E-state index in [0.717, 1.165) is 17.3 Å². The van der Waals surface area contributed by atoms with Crippen molar-refractivity contribution in [2.75, 3.05) is 0 Å². The molecule has 96 valence electrons. The Balaban J connectivity index is 2.08. The van der Waals surface area contributed by atoms with E-state index >= 15 is 0 Å². The second kappa shape index (κ2) is 6.43. The Morgan fingerprint density at radius 2 is 2.22 bits per heavy atom. The van der Waals surface area contributed by atoms with Crippen LogP contribution in [0.1, 0.15) is 23.6 Å². The van der Waals surface area contributed by atoms with Crippen molar-refractivity contribution >= 4 is 27.3 Å². The molecule has 0 spiro atoms. The van der Waals surface area contributed by atoms with Crippen molar-refractivity contribution in [3.05, 3.63) is 56.4 Å². The number of nitrogens with two attached hydrogens (primary N) is 1. The molecule has 0 saturated carbocycles. The van der Waals surface area contributed by atoms with E-state index < -0.39 is 0 Å². The van der Waals surface area contributed by atoms with Gasteiger partial charge in [-0.3, -0.25) is 11.3 Å². The lowest BCUT2D eigenvalue weighted by Crippen LogP contribution is -2.29. The van der Waals surface area contributed by atoms with Gasteiger partial charge in [0.25, 0.3) is 0 Å². The monoisotopic (exact) mass is 328 g/mol. The van der Waals surface area contributed by atoms with Gasteiger partial charge >= 0.3 is 0 Å². The van der Waals surface area contributed by atoms with Gasteiger partial charge in [0.1, 0.15) is 5.82 Å². The maximum atomic E-state index is 13.8. The quantitative estimate of drug-likeness (QED) is 0.647. The molecule has 1 aromatic carbocycles. The van der Waals surface area contributed by atoms with Crippen molar-refractivity contribution in [1.29, 1.82) is 0 Å². The highest BCUT2D eigenvalue weighted by Crippen LogP contribution is 2.24. The summed E-state index contributed by atoms with van der Waals surface area (Å²) in [6.07, 6.45) is 1.65. The number of nitrogens with one attached hydrogen (secondary N) is 1. The summed E-state index contributed by atoms with van der Waals surface area (Å²) in [6, 6.07) is 6.96. The van der Waals surface area contributed by atoms with Crippen LogP contribution >= 0.6 is 27.3 Å². The number of thiophene rings is 1. The molecule has 0 aliphatic rings. The summed E-state index contributed by atoms with van der Waals surface area (Å²) >= 11 is 4.92. The average molecular weight is 329 g/mol. The minimum absolute atomic E-state index is 0.169. The molecular formula is C13H14BrFN2S. The first-order valence-electron chi connectivity index (χ1n) is 5.63. The highest BCUT2D eigenvalue weighted by Gasteiger charge is 2.14. The SMILES string of the molecule is NNC(CCc1ccsc1)c1ccc(Br)cc1F. The third-order valence-electron chi connectivity index (χ3n) is 2.84. The zero-order chi connectivity index (χ0) is 13.0. The van der Waals surface area contributed by atoms with Crippen LogP contribution in [0.25, 0.3) is 0 Å². The van der Waals surface area contributed by atoms with E-state index in [1.54, 1.807) is 17.4 Å². The van der Waals surface area contributed by atoms with Gasteiger partial charge in [-0.05, 0) is 47.4 Å². The Bertz CT molecular complexity index is 502. The predicted molar refractivity (Wildman–Crippen MR) is 76.8 cm³/mol. The Labute approximate surface area is 118 Å². The van der Waals surface area contributed by atoms with Crippen LogP contribution in [0.3, 0.4) is 0 Å². The molecule has 2 rings (SSSR count). The van der Waals surface area contributed by atoms with Gasteiger partial charge in [0, 0.05) is 16.1 Å². The van der Waals surface area contributed by atoms with Crippen LogP contribution < -0.4 is 11.3 Å². The fourth-order valence-electron chi connectivity index (χ4n) is 1.86. The van der Waals surface area contributed by atoms with Crippen molar-refractivity contribution in [3.8, 4) is 0 Å². The summed E-state index contributed by atoms with van der Waals surface area (Å²) in [5.41, 5.74) is 4.56. The van der Waals surface area contributed by atoms with Crippen molar-refractivity contribution in [2.24, 2.45) is 5.84 Å². The Morgan fingerprint density at radius 3 is 2.83 bits per heavy atom. The Morgan fingerprint density at radius 1 is 1.39 bits per heavy atom. The number of rotatable bonds is 5. The van der Waals surface area contributed by atoms with Gasteiger partial charge in [-0.15, -0.1) is 0 Å². The van der Waals surface area contributed by atoms with Crippen LogP contribution in [0.15, 0.2) is 39.5 Å². The van der Waals surface area contributed by atoms with Crippen molar-refractivity contribution in [1.82, 2.24) is 5.43 Å². The maximum Gasteiger partial charge on any atom is 0.129 e. The van der Waals surface area contributed by atoms with Crippen LogP contribution in [-0.2, 0) is 6.42 Å². The molecule has 0 fully saturated rings. The fraction of sp³-hybridized carbons (Fsp3) is 0.231. The maximum absolute atomic E-state index is 13.8. The van der Waals surface area contributed by atoms with Crippen LogP contribution in [0.2, 0.25) is 0 Å². The van der Waals surface area contributed by atoms with E-state index in [-0.39, 0.29) is 11.9 Å². The lowest BCUT2D eigenvalue weighted by Gasteiger charge is -2.16. The second-order valence-corrected chi connectivity index (χ2v) is 5.75. The number of hydrogen-bond acceptors (Lipinski definition) is 3. The summed E-state index contributed by atoms with van der Waals surface area (Å²) in [6.45, 7) is 0. The molecule has 5 heteroatoms. The zero-order valence-electron chi connectivity index (χ0n) is 9.70. The molecule has 0 saturated heterocycles. The minimum Gasteiger partial charge on any atom is -0.271 e. The largest absolute Gasteiger partial charge is 0.271 e. The Hall–Kier alpha value is -0.750. The number of benzene rings is 1. The lowest BCUT2D eigenvalue weighted by atomic mass is 10.0. The third kappa shape index (κ3) is 3.38. The van der Waals surface area contributed by atoms with Gasteiger partial charge < -0.3 is 0 Å². The smallest absolute Gasteiger partial charge is 0.129 e. The number of halogens is 2. The molecule has 1 unspecified atom stereocenters. The zero-order valence-corrected chi connectivity index (χ0v) is 12.1. The number of aryl methyl sites for hydroxylation is 1. The van der Waals surface area contributed by atoms with Crippen LogP contribution in [0.5, 0.6) is 0 Å². The van der Waals surface area contributed by atoms with Gasteiger partial charge in [-0.1, -0.05) is 22.0 Å². The molecule has 0 radical (unpaired) electrons. The van der Waals surface area contributed by atoms with Gasteiger partial charge in [0.05, 0.1) is 0 Å². The van der Waals surface area contributed by atoms with E-state index in [4.69, 9.17) is 5.84 Å². The van der Waals surface area contributed by atoms with Crippen molar-refractivity contribution < 1.29 is 4.39 Å². The molecule has 0 aliphatic carbocycles. The highest BCUT2D eigenvalue weighted by molar-refractivity contribution is 9.10. The molecule has 2 aromatic rings. The molecule has 0 aliphatic heterocycles. The van der Waals surface area contributed by atoms with Crippen molar-refractivity contribution in [3.63, 3.8) is 0 Å². The van der Waals surface area contributed by atoms with Gasteiger partial charge in [-0.2, -0.15) is 11.3 Å². The van der Waals surface area contributed by atoms with Gasteiger partial charge in [0.2, 0.25) is 0 Å². The molecular weight excluding hydrogens is 315 g/mol. The molecule has 1 atom stereocenters. The van der Waals surface area contributed by atoms with Crippen LogP contribution in [-0.4, -0.2) is 0 Å². The second-order valence-electron chi connectivity index (χ2n) is 4.06. The topological polar surface area (TPSA) is 38.0 Å². The van der Waals surface area contributed by atoms with E-state index in [9.17, 15) is 4.39 Å². The molecule has 2 nitrogen and oxygen atoms in total. The molecule has 1 heterocycles. The predicted octanol–water partition coefficient (Wildman–Crippen LogP) is 3.79. The summed E-state index contributed by atoms with van der Waals surface area (Å²) in [7, 11) is 0. The lowest BCUT2D eigenvalue weighted by molar-refractivity contribution is 0.485. The van der Waals surface area contributed by atoms with E-state index in [1.807, 2.05) is 11.4 Å². The van der Waals surface area contributed by atoms with Crippen molar-refractivity contribution in [2.45, 2.75) is 18.9 Å². The van der Waals surface area contributed by atoms with Crippen LogP contribution in [0, 0.1) is 5.82 Å². The molecule has 1 aromatic heterocycles. The van der Waals surface area contributed by atoms with Crippen LogP contribution in [0.4, 0.5) is 4.39 Å². The van der Waals surface area contributed by atoms with E-state index in [2.05, 4.69) is 32.8 Å². The van der Waals surface area contributed by atoms with Gasteiger partial charge in [0.15, 0.2) is 0 Å². The van der Waals surface area contributed by atoms with E-state index in [1.165, 1.54) is 11.6 Å². The number of hydrazine groups is 1. The standard InChI is InChI=1S/C13H14BrFN2S/c14-10-2-3-11(12(15)7-10)13(17-16)4-1-9-5-6-18-8-9/h2-3,5-8,13,17H,1,4,16H2. The van der Waals surface area contributed by atoms with Gasteiger partial charge in [-0.25, -0.2) is 4.39 Å². The third-order valence-corrected chi connectivity index (χ3v) is 4.07. The molecule has 18 heavy (non-hydrogen) atoms. The first kappa shape index (κ1) is 13.7. The Kier molecular flexibility index (Phi) is 4.88. The first-order chi connectivity index (χ1) is 8.70. The minimum atomic E-state index is -0.238. The average Bonchev–Trinajstić information content (AvgIpc) is 2.85. The first-order valence-corrected chi connectivity index (χ1v) is 7.36. The molecule has 3 N–H and O–H groups in total. The molecule has 0 amide bonds. The summed E-state index contributed by atoms with van der Waals surface area (Å²) < 4.78 is 14.6. The highest BCUT2D eigenvalue weighted by atomic mass is 79.9. The summed E-state index contributed by atoms with van der Waals surface area (Å²) in [4.78, 5) is 0. The normalized spacial score (nSPS) is 12.6.